The highest BCUT2D eigenvalue weighted by atomic mass is 35.5. The first-order valence-corrected chi connectivity index (χ1v) is 10.3. The lowest BCUT2D eigenvalue weighted by Crippen LogP contribution is -2.42. The SMILES string of the molecule is Cc1cc(-n2cnc(CNC(=O)c3ccc(Cl)s3)c2)ccc1N1CCOCC1=O. The van der Waals surface area contributed by atoms with Crippen LogP contribution in [0.5, 0.6) is 0 Å². The maximum absolute atomic E-state index is 12.1. The molecule has 2 amide bonds. The molecule has 150 valence electrons. The molecule has 0 bridgehead atoms. The first-order valence-electron chi connectivity index (χ1n) is 9.07. The van der Waals surface area contributed by atoms with Crippen molar-refractivity contribution >= 4 is 40.4 Å². The molecule has 3 aromatic rings. The summed E-state index contributed by atoms with van der Waals surface area (Å²) in [5, 5.41) is 2.84. The number of hydrogen-bond acceptors (Lipinski definition) is 5. The van der Waals surface area contributed by atoms with Crippen LogP contribution in [0.4, 0.5) is 5.69 Å². The Bertz CT molecular complexity index is 1060. The molecule has 0 radical (unpaired) electrons. The average Bonchev–Trinajstić information content (AvgIpc) is 3.36. The number of aryl methyl sites for hydroxylation is 1. The number of nitrogens with zero attached hydrogens (tertiary/aromatic N) is 3. The molecule has 1 N–H and O–H groups in total. The third-order valence-corrected chi connectivity index (χ3v) is 5.85. The van der Waals surface area contributed by atoms with Gasteiger partial charge in [-0.3, -0.25) is 9.59 Å². The van der Waals surface area contributed by atoms with Crippen molar-refractivity contribution in [3.8, 4) is 5.69 Å². The van der Waals surface area contributed by atoms with E-state index >= 15 is 0 Å². The minimum atomic E-state index is -0.174. The first kappa shape index (κ1) is 19.6. The number of nitrogens with one attached hydrogen (secondary N) is 1. The van der Waals surface area contributed by atoms with Crippen LogP contribution < -0.4 is 10.2 Å². The van der Waals surface area contributed by atoms with Gasteiger partial charge < -0.3 is 19.5 Å². The number of carbonyl (C=O) groups is 2. The summed E-state index contributed by atoms with van der Waals surface area (Å²) in [4.78, 5) is 30.9. The third kappa shape index (κ3) is 4.34. The van der Waals surface area contributed by atoms with Crippen molar-refractivity contribution in [2.24, 2.45) is 0 Å². The van der Waals surface area contributed by atoms with E-state index in [1.165, 1.54) is 11.3 Å². The van der Waals surface area contributed by atoms with Gasteiger partial charge in [-0.05, 0) is 42.8 Å². The molecule has 9 heteroatoms. The highest BCUT2D eigenvalue weighted by Crippen LogP contribution is 2.25. The standard InChI is InChI=1S/C20H19ClN4O3S/c1-13-8-15(2-3-16(13)25-6-7-28-11-19(25)26)24-10-14(23-12-24)9-22-20(27)17-4-5-18(21)29-17/h2-5,8,10,12H,6-7,9,11H2,1H3,(H,22,27). The van der Waals surface area contributed by atoms with E-state index in [0.717, 1.165) is 22.6 Å². The molecule has 4 rings (SSSR count). The largest absolute Gasteiger partial charge is 0.370 e. The second kappa shape index (κ2) is 8.36. The van der Waals surface area contributed by atoms with E-state index in [0.29, 0.717) is 28.9 Å². The number of benzene rings is 1. The molecule has 1 aliphatic heterocycles. The van der Waals surface area contributed by atoms with Crippen LogP contribution in [0.2, 0.25) is 4.34 Å². The Morgan fingerprint density at radius 1 is 1.34 bits per heavy atom. The molecule has 1 fully saturated rings. The summed E-state index contributed by atoms with van der Waals surface area (Å²) >= 11 is 7.11. The van der Waals surface area contributed by atoms with Crippen LogP contribution in [0.1, 0.15) is 20.9 Å². The first-order chi connectivity index (χ1) is 14.0. The maximum Gasteiger partial charge on any atom is 0.261 e. The van der Waals surface area contributed by atoms with Crippen molar-refractivity contribution in [3.63, 3.8) is 0 Å². The molecule has 1 saturated heterocycles. The summed E-state index contributed by atoms with van der Waals surface area (Å²) < 4.78 is 7.67. The Hall–Kier alpha value is -2.68. The van der Waals surface area contributed by atoms with E-state index < -0.39 is 0 Å². The van der Waals surface area contributed by atoms with Crippen LogP contribution in [0, 0.1) is 6.92 Å². The van der Waals surface area contributed by atoms with Gasteiger partial charge in [-0.25, -0.2) is 4.98 Å². The lowest BCUT2D eigenvalue weighted by molar-refractivity contribution is -0.125. The quantitative estimate of drug-likeness (QED) is 0.674. The zero-order chi connectivity index (χ0) is 20.4. The van der Waals surface area contributed by atoms with Crippen molar-refractivity contribution in [1.29, 1.82) is 0 Å². The predicted octanol–water partition coefficient (Wildman–Crippen LogP) is 3.19. The number of aromatic nitrogens is 2. The van der Waals surface area contributed by atoms with Gasteiger partial charge in [0.05, 0.1) is 34.4 Å². The summed E-state index contributed by atoms with van der Waals surface area (Å²) in [6.07, 6.45) is 3.58. The van der Waals surface area contributed by atoms with E-state index in [9.17, 15) is 9.59 Å². The fourth-order valence-electron chi connectivity index (χ4n) is 3.17. The van der Waals surface area contributed by atoms with Crippen LogP contribution >= 0.6 is 22.9 Å². The number of imidazole rings is 1. The van der Waals surface area contributed by atoms with Gasteiger partial charge >= 0.3 is 0 Å². The van der Waals surface area contributed by atoms with Gasteiger partial charge in [0.2, 0.25) is 0 Å². The van der Waals surface area contributed by atoms with Crippen LogP contribution in [0.15, 0.2) is 42.9 Å². The number of rotatable bonds is 5. The Labute approximate surface area is 176 Å². The number of amides is 2. The number of carbonyl (C=O) groups excluding carboxylic acids is 2. The monoisotopic (exact) mass is 430 g/mol. The normalized spacial score (nSPS) is 14.3. The number of anilines is 1. The van der Waals surface area contributed by atoms with Crippen molar-refractivity contribution in [2.75, 3.05) is 24.7 Å². The Morgan fingerprint density at radius 2 is 2.21 bits per heavy atom. The fourth-order valence-corrected chi connectivity index (χ4v) is 4.13. The van der Waals surface area contributed by atoms with Crippen LogP contribution in [-0.2, 0) is 16.1 Å². The van der Waals surface area contributed by atoms with Crippen molar-refractivity contribution in [2.45, 2.75) is 13.5 Å². The van der Waals surface area contributed by atoms with Gasteiger partial charge in [-0.1, -0.05) is 11.6 Å². The van der Waals surface area contributed by atoms with Gasteiger partial charge in [0.1, 0.15) is 6.61 Å². The average molecular weight is 431 g/mol. The Kier molecular flexibility index (Phi) is 5.66. The highest BCUT2D eigenvalue weighted by molar-refractivity contribution is 7.17. The van der Waals surface area contributed by atoms with Crippen LogP contribution in [-0.4, -0.2) is 41.1 Å². The molecule has 1 aromatic carbocycles. The van der Waals surface area contributed by atoms with Gasteiger partial charge in [-0.15, -0.1) is 11.3 Å². The molecule has 1 aliphatic rings. The molecule has 7 nitrogen and oxygen atoms in total. The predicted molar refractivity (Wildman–Crippen MR) is 112 cm³/mol. The molecule has 0 aliphatic carbocycles. The fraction of sp³-hybridized carbons (Fsp3) is 0.250. The second-order valence-electron chi connectivity index (χ2n) is 6.63. The summed E-state index contributed by atoms with van der Waals surface area (Å²) in [6, 6.07) is 9.30. The van der Waals surface area contributed by atoms with Crippen molar-refractivity contribution in [1.82, 2.24) is 14.9 Å². The molecule has 0 saturated carbocycles. The Morgan fingerprint density at radius 3 is 2.93 bits per heavy atom. The zero-order valence-corrected chi connectivity index (χ0v) is 17.3. The number of morpholine rings is 1. The molecular formula is C20H19ClN4O3S. The summed E-state index contributed by atoms with van der Waals surface area (Å²) in [5.74, 6) is -0.202. The molecule has 0 atom stereocenters. The molecule has 29 heavy (non-hydrogen) atoms. The smallest absolute Gasteiger partial charge is 0.261 e. The lowest BCUT2D eigenvalue weighted by atomic mass is 10.1. The summed E-state index contributed by atoms with van der Waals surface area (Å²) in [7, 11) is 0. The van der Waals surface area contributed by atoms with Crippen LogP contribution in [0.3, 0.4) is 0 Å². The zero-order valence-electron chi connectivity index (χ0n) is 15.7. The van der Waals surface area contributed by atoms with E-state index in [1.54, 1.807) is 23.4 Å². The van der Waals surface area contributed by atoms with Crippen LogP contribution in [0.25, 0.3) is 5.69 Å². The number of halogens is 1. The van der Waals surface area contributed by atoms with Gasteiger partial charge in [0, 0.05) is 24.1 Å². The lowest BCUT2D eigenvalue weighted by Gasteiger charge is -2.28. The maximum atomic E-state index is 12.1. The molecular weight excluding hydrogens is 412 g/mol. The van der Waals surface area contributed by atoms with E-state index in [-0.39, 0.29) is 18.4 Å². The van der Waals surface area contributed by atoms with Gasteiger partial charge in [0.25, 0.3) is 11.8 Å². The Balaban J connectivity index is 1.44. The number of ether oxygens (including phenoxy) is 1. The molecule has 3 heterocycles. The second-order valence-corrected chi connectivity index (χ2v) is 8.34. The van der Waals surface area contributed by atoms with Gasteiger partial charge in [0.15, 0.2) is 0 Å². The minimum Gasteiger partial charge on any atom is -0.370 e. The van der Waals surface area contributed by atoms with Crippen molar-refractivity contribution < 1.29 is 14.3 Å². The van der Waals surface area contributed by atoms with Crippen molar-refractivity contribution in [3.05, 3.63) is 63.3 Å². The topological polar surface area (TPSA) is 76.5 Å². The molecule has 0 spiro atoms. The van der Waals surface area contributed by atoms with E-state index in [4.69, 9.17) is 16.3 Å². The van der Waals surface area contributed by atoms with E-state index in [2.05, 4.69) is 10.3 Å². The summed E-state index contributed by atoms with van der Waals surface area (Å²) in [6.45, 7) is 3.52. The molecule has 0 unspecified atom stereocenters. The minimum absolute atomic E-state index is 0.0280. The van der Waals surface area contributed by atoms with Gasteiger partial charge in [-0.2, -0.15) is 0 Å². The van der Waals surface area contributed by atoms with E-state index in [1.807, 2.05) is 35.9 Å². The number of hydrogen-bond donors (Lipinski definition) is 1. The number of thiophene rings is 1. The molecule has 2 aromatic heterocycles. The third-order valence-electron chi connectivity index (χ3n) is 4.62. The highest BCUT2D eigenvalue weighted by Gasteiger charge is 2.21. The summed E-state index contributed by atoms with van der Waals surface area (Å²) in [5.41, 5.74) is 3.56.